The van der Waals surface area contributed by atoms with Crippen molar-refractivity contribution in [1.82, 2.24) is 5.32 Å². The number of anilines is 1. The molecule has 0 aliphatic carbocycles. The Morgan fingerprint density at radius 3 is 2.62 bits per heavy atom. The first-order chi connectivity index (χ1) is 15.3. The summed E-state index contributed by atoms with van der Waals surface area (Å²) in [4.78, 5) is 39.7. The monoisotopic (exact) mass is 453 g/mol. The molecule has 1 aliphatic rings. The molecule has 0 aromatic heterocycles. The number of nitrogens with one attached hydrogen (secondary N) is 2. The van der Waals surface area contributed by atoms with Crippen molar-refractivity contribution < 1.29 is 23.9 Å². The van der Waals surface area contributed by atoms with Crippen molar-refractivity contribution in [3.8, 4) is 11.5 Å². The molecule has 1 heterocycles. The van der Waals surface area contributed by atoms with E-state index in [1.165, 1.54) is 6.92 Å². The minimum atomic E-state index is -0.426. The van der Waals surface area contributed by atoms with Gasteiger partial charge in [-0.2, -0.15) is 4.99 Å². The number of aliphatic imine (C=N–C) groups is 1. The lowest BCUT2D eigenvalue weighted by Crippen LogP contribution is -2.23. The van der Waals surface area contributed by atoms with Crippen LogP contribution in [0.3, 0.4) is 0 Å². The number of hydrogen-bond acceptors (Lipinski definition) is 6. The maximum absolute atomic E-state index is 12.2. The second-order valence-corrected chi connectivity index (χ2v) is 7.89. The number of ether oxygens (including phenoxy) is 2. The lowest BCUT2D eigenvalue weighted by atomic mass is 10.2. The highest BCUT2D eigenvalue weighted by molar-refractivity contribution is 8.18. The van der Waals surface area contributed by atoms with Gasteiger partial charge in [-0.05, 0) is 67.1 Å². The predicted molar refractivity (Wildman–Crippen MR) is 125 cm³/mol. The summed E-state index contributed by atoms with van der Waals surface area (Å²) in [6.07, 6.45) is 1.65. The number of carbonyl (C=O) groups excluding carboxylic acids is 3. The molecule has 0 atom stereocenters. The van der Waals surface area contributed by atoms with E-state index in [0.717, 1.165) is 17.3 Å². The Kier molecular flexibility index (Phi) is 7.67. The van der Waals surface area contributed by atoms with E-state index >= 15 is 0 Å². The van der Waals surface area contributed by atoms with Gasteiger partial charge in [0.1, 0.15) is 0 Å². The van der Waals surface area contributed by atoms with Crippen LogP contribution in [-0.2, 0) is 14.4 Å². The van der Waals surface area contributed by atoms with Gasteiger partial charge in [0.25, 0.3) is 11.8 Å². The van der Waals surface area contributed by atoms with Crippen molar-refractivity contribution >= 4 is 46.4 Å². The van der Waals surface area contributed by atoms with Crippen LogP contribution in [0.5, 0.6) is 11.5 Å². The van der Waals surface area contributed by atoms with Gasteiger partial charge in [-0.15, -0.1) is 0 Å². The third-order valence-corrected chi connectivity index (χ3v) is 5.03. The minimum absolute atomic E-state index is 0.184. The number of aryl methyl sites for hydroxylation is 1. The Labute approximate surface area is 190 Å². The summed E-state index contributed by atoms with van der Waals surface area (Å²) < 4.78 is 11.3. The van der Waals surface area contributed by atoms with E-state index in [1.807, 2.05) is 38.1 Å². The zero-order valence-electron chi connectivity index (χ0n) is 17.9. The van der Waals surface area contributed by atoms with Crippen molar-refractivity contribution in [2.24, 2.45) is 4.99 Å². The summed E-state index contributed by atoms with van der Waals surface area (Å²) in [5.41, 5.74) is 2.44. The third kappa shape index (κ3) is 6.45. The molecule has 3 rings (SSSR count). The van der Waals surface area contributed by atoms with E-state index in [-0.39, 0.29) is 23.6 Å². The van der Waals surface area contributed by atoms with Crippen LogP contribution < -0.4 is 20.1 Å². The van der Waals surface area contributed by atoms with Crippen LogP contribution in [0, 0.1) is 6.92 Å². The number of thioether (sulfide) groups is 1. The molecule has 166 valence electrons. The number of benzene rings is 2. The average Bonchev–Trinajstić information content (AvgIpc) is 3.05. The molecule has 0 spiro atoms. The van der Waals surface area contributed by atoms with Gasteiger partial charge in [0.15, 0.2) is 23.3 Å². The van der Waals surface area contributed by atoms with Gasteiger partial charge in [-0.25, -0.2) is 0 Å². The highest BCUT2D eigenvalue weighted by Crippen LogP contribution is 2.32. The molecule has 0 saturated heterocycles. The van der Waals surface area contributed by atoms with Crippen LogP contribution in [0.1, 0.15) is 25.0 Å². The van der Waals surface area contributed by atoms with Crippen LogP contribution in [0.15, 0.2) is 52.4 Å². The maximum Gasteiger partial charge on any atom is 0.286 e. The Bertz CT molecular complexity index is 1110. The molecule has 0 fully saturated rings. The molecular formula is C23H23N3O5S. The zero-order chi connectivity index (χ0) is 23.1. The summed E-state index contributed by atoms with van der Waals surface area (Å²) in [7, 11) is 0. The van der Waals surface area contributed by atoms with Gasteiger partial charge in [-0.1, -0.05) is 18.2 Å². The Balaban J connectivity index is 1.67. The fourth-order valence-corrected chi connectivity index (χ4v) is 3.69. The number of rotatable bonds is 7. The van der Waals surface area contributed by atoms with Gasteiger partial charge in [-0.3, -0.25) is 14.4 Å². The lowest BCUT2D eigenvalue weighted by molar-refractivity contribution is -0.118. The SMILES string of the molecule is CCOc1cc(/C=C2\SC(NC(C)=O)=NC2=O)ccc1OCC(=O)Nc1cccc(C)c1. The second kappa shape index (κ2) is 10.6. The van der Waals surface area contributed by atoms with Crippen LogP contribution in [0.25, 0.3) is 6.08 Å². The highest BCUT2D eigenvalue weighted by Gasteiger charge is 2.22. The summed E-state index contributed by atoms with van der Waals surface area (Å²) in [6.45, 7) is 5.35. The molecular weight excluding hydrogens is 430 g/mol. The van der Waals surface area contributed by atoms with E-state index in [4.69, 9.17) is 9.47 Å². The Morgan fingerprint density at radius 2 is 1.91 bits per heavy atom. The molecule has 0 radical (unpaired) electrons. The number of nitrogens with zero attached hydrogens (tertiary/aromatic N) is 1. The van der Waals surface area contributed by atoms with E-state index in [1.54, 1.807) is 24.3 Å². The standard InChI is InChI=1S/C23H23N3O5S/c1-4-30-19-11-16(12-20-22(29)26-23(32-20)24-15(3)27)8-9-18(19)31-13-21(28)25-17-7-5-6-14(2)10-17/h5-12H,4,13H2,1-3H3,(H,25,28)(H,24,26,27,29)/b20-12-. The molecule has 32 heavy (non-hydrogen) atoms. The molecule has 8 nitrogen and oxygen atoms in total. The average molecular weight is 454 g/mol. The molecule has 2 aromatic carbocycles. The summed E-state index contributed by atoms with van der Waals surface area (Å²) >= 11 is 1.09. The molecule has 0 saturated carbocycles. The van der Waals surface area contributed by atoms with Crippen LogP contribution in [0.4, 0.5) is 5.69 Å². The smallest absolute Gasteiger partial charge is 0.286 e. The van der Waals surface area contributed by atoms with Crippen LogP contribution in [0.2, 0.25) is 0 Å². The van der Waals surface area contributed by atoms with Gasteiger partial charge in [0, 0.05) is 12.6 Å². The summed E-state index contributed by atoms with van der Waals surface area (Å²) in [5, 5.41) is 5.54. The van der Waals surface area contributed by atoms with E-state index in [0.29, 0.717) is 34.3 Å². The van der Waals surface area contributed by atoms with Crippen molar-refractivity contribution in [2.75, 3.05) is 18.5 Å². The number of hydrogen-bond donors (Lipinski definition) is 2. The molecule has 9 heteroatoms. The third-order valence-electron chi connectivity index (χ3n) is 4.13. The Hall–Kier alpha value is -3.59. The van der Waals surface area contributed by atoms with Crippen LogP contribution >= 0.6 is 11.8 Å². The van der Waals surface area contributed by atoms with E-state index in [2.05, 4.69) is 15.6 Å². The van der Waals surface area contributed by atoms with Crippen molar-refractivity contribution in [3.05, 3.63) is 58.5 Å². The first-order valence-electron chi connectivity index (χ1n) is 9.90. The first kappa shape index (κ1) is 23.1. The van der Waals surface area contributed by atoms with Gasteiger partial charge < -0.3 is 20.1 Å². The van der Waals surface area contributed by atoms with E-state index in [9.17, 15) is 14.4 Å². The van der Waals surface area contributed by atoms with E-state index < -0.39 is 5.91 Å². The van der Waals surface area contributed by atoms with Crippen molar-refractivity contribution in [3.63, 3.8) is 0 Å². The molecule has 0 bridgehead atoms. The Morgan fingerprint density at radius 1 is 1.09 bits per heavy atom. The zero-order valence-corrected chi connectivity index (χ0v) is 18.7. The summed E-state index contributed by atoms with van der Waals surface area (Å²) in [6, 6.07) is 12.6. The maximum atomic E-state index is 12.2. The normalized spacial score (nSPS) is 14.2. The number of amidine groups is 1. The first-order valence-corrected chi connectivity index (χ1v) is 10.7. The van der Waals surface area contributed by atoms with Gasteiger partial charge in [0.2, 0.25) is 5.91 Å². The fraction of sp³-hybridized carbons (Fsp3) is 0.217. The van der Waals surface area contributed by atoms with Crippen molar-refractivity contribution in [1.29, 1.82) is 0 Å². The molecule has 1 aliphatic heterocycles. The second-order valence-electron chi connectivity index (χ2n) is 6.86. The fourth-order valence-electron chi connectivity index (χ4n) is 2.83. The number of carbonyl (C=O) groups is 3. The molecule has 2 N–H and O–H groups in total. The molecule has 0 unspecified atom stereocenters. The topological polar surface area (TPSA) is 106 Å². The largest absolute Gasteiger partial charge is 0.490 e. The number of amides is 3. The van der Waals surface area contributed by atoms with Crippen LogP contribution in [-0.4, -0.2) is 36.1 Å². The highest BCUT2D eigenvalue weighted by atomic mass is 32.2. The minimum Gasteiger partial charge on any atom is -0.490 e. The molecule has 2 aromatic rings. The quantitative estimate of drug-likeness (QED) is 0.622. The lowest BCUT2D eigenvalue weighted by Gasteiger charge is -2.13. The predicted octanol–water partition coefficient (Wildman–Crippen LogP) is 3.52. The van der Waals surface area contributed by atoms with Gasteiger partial charge >= 0.3 is 0 Å². The van der Waals surface area contributed by atoms with Crippen molar-refractivity contribution in [2.45, 2.75) is 20.8 Å². The summed E-state index contributed by atoms with van der Waals surface area (Å²) in [5.74, 6) is -0.154. The van der Waals surface area contributed by atoms with Gasteiger partial charge in [0.05, 0.1) is 11.5 Å². The molecule has 3 amide bonds.